The van der Waals surface area contributed by atoms with Crippen molar-refractivity contribution in [2.75, 3.05) is 6.54 Å². The van der Waals surface area contributed by atoms with E-state index in [0.717, 1.165) is 19.3 Å². The van der Waals surface area contributed by atoms with Crippen LogP contribution in [0.5, 0.6) is 0 Å². The van der Waals surface area contributed by atoms with Gasteiger partial charge in [-0.3, -0.25) is 4.79 Å². The average molecular weight is 317 g/mol. The van der Waals surface area contributed by atoms with Gasteiger partial charge >= 0.3 is 0 Å². The van der Waals surface area contributed by atoms with Crippen molar-refractivity contribution < 1.29 is 9.90 Å². The third-order valence-electron chi connectivity index (χ3n) is 3.09. The number of amides is 1. The van der Waals surface area contributed by atoms with Crippen molar-refractivity contribution in [3.63, 3.8) is 0 Å². The zero-order valence-corrected chi connectivity index (χ0v) is 14.7. The summed E-state index contributed by atoms with van der Waals surface area (Å²) in [6.45, 7) is 6.02. The Hall–Kier alpha value is -1.87. The smallest absolute Gasteiger partial charge is 0.243 e. The second-order valence-corrected chi connectivity index (χ2v) is 5.67. The minimum absolute atomic E-state index is 0.153. The van der Waals surface area contributed by atoms with Crippen molar-refractivity contribution in [3.8, 4) is 0 Å². The predicted molar refractivity (Wildman–Crippen MR) is 99.1 cm³/mol. The molecule has 0 saturated heterocycles. The Morgan fingerprint density at radius 2 is 1.65 bits per heavy atom. The first-order chi connectivity index (χ1) is 11.0. The Morgan fingerprint density at radius 1 is 1.04 bits per heavy atom. The molecule has 1 atom stereocenters. The third kappa shape index (κ3) is 14.8. The zero-order chi connectivity index (χ0) is 17.4. The highest BCUT2D eigenvalue weighted by atomic mass is 16.3. The second kappa shape index (κ2) is 13.8. The number of nitrogens with one attached hydrogen (secondary N) is 1. The van der Waals surface area contributed by atoms with Crippen LogP contribution >= 0.6 is 0 Å². The van der Waals surface area contributed by atoms with Crippen LogP contribution in [-0.2, 0) is 4.79 Å². The second-order valence-electron chi connectivity index (χ2n) is 5.67. The van der Waals surface area contributed by atoms with Gasteiger partial charge in [0.1, 0.15) is 0 Å². The molecule has 0 saturated carbocycles. The summed E-state index contributed by atoms with van der Waals surface area (Å²) in [5.74, 6) is -0.153. The number of allylic oxidation sites excluding steroid dienone is 9. The number of rotatable bonds is 11. The number of aliphatic hydroxyl groups is 1. The highest BCUT2D eigenvalue weighted by Gasteiger charge is 2.18. The largest absolute Gasteiger partial charge is 0.388 e. The van der Waals surface area contributed by atoms with Gasteiger partial charge in [-0.15, -0.1) is 0 Å². The molecule has 0 fully saturated rings. The van der Waals surface area contributed by atoms with Gasteiger partial charge in [-0.25, -0.2) is 0 Å². The van der Waals surface area contributed by atoms with Gasteiger partial charge < -0.3 is 10.4 Å². The Kier molecular flexibility index (Phi) is 12.7. The van der Waals surface area contributed by atoms with Gasteiger partial charge in [0.25, 0.3) is 0 Å². The van der Waals surface area contributed by atoms with Gasteiger partial charge in [-0.1, -0.05) is 68.0 Å². The van der Waals surface area contributed by atoms with Crippen LogP contribution in [0.25, 0.3) is 0 Å². The molecule has 0 aromatic heterocycles. The summed E-state index contributed by atoms with van der Waals surface area (Å²) in [6.07, 6.45) is 22.6. The van der Waals surface area contributed by atoms with Gasteiger partial charge in [-0.2, -0.15) is 0 Å². The molecule has 0 rings (SSSR count). The van der Waals surface area contributed by atoms with Crippen LogP contribution in [0, 0.1) is 0 Å². The quantitative estimate of drug-likeness (QED) is 0.340. The SMILES string of the molecule is CC=CC=CC=CC=CCCC=CC(=O)NCC(C)(O)CCC. The molecule has 1 unspecified atom stereocenters. The Morgan fingerprint density at radius 3 is 2.30 bits per heavy atom. The molecule has 0 heterocycles. The maximum Gasteiger partial charge on any atom is 0.243 e. The lowest BCUT2D eigenvalue weighted by Crippen LogP contribution is -2.39. The van der Waals surface area contributed by atoms with E-state index in [9.17, 15) is 9.90 Å². The van der Waals surface area contributed by atoms with Crippen LogP contribution in [0.2, 0.25) is 0 Å². The number of hydrogen-bond donors (Lipinski definition) is 2. The van der Waals surface area contributed by atoms with E-state index in [-0.39, 0.29) is 12.5 Å². The molecule has 0 bridgehead atoms. The molecule has 23 heavy (non-hydrogen) atoms. The third-order valence-corrected chi connectivity index (χ3v) is 3.09. The molecule has 0 aromatic carbocycles. The molecular weight excluding hydrogens is 286 g/mol. The molecule has 0 radical (unpaired) electrons. The van der Waals surface area contributed by atoms with E-state index < -0.39 is 5.60 Å². The average Bonchev–Trinajstić information content (AvgIpc) is 2.50. The highest BCUT2D eigenvalue weighted by Crippen LogP contribution is 2.09. The van der Waals surface area contributed by atoms with Crippen LogP contribution in [0.3, 0.4) is 0 Å². The monoisotopic (exact) mass is 317 g/mol. The summed E-state index contributed by atoms with van der Waals surface area (Å²) in [6, 6.07) is 0. The van der Waals surface area contributed by atoms with E-state index >= 15 is 0 Å². The zero-order valence-electron chi connectivity index (χ0n) is 14.7. The fraction of sp³-hybridized carbons (Fsp3) is 0.450. The topological polar surface area (TPSA) is 49.3 Å². The molecule has 3 heteroatoms. The minimum Gasteiger partial charge on any atom is -0.388 e. The summed E-state index contributed by atoms with van der Waals surface area (Å²) in [4.78, 5) is 11.6. The molecule has 3 nitrogen and oxygen atoms in total. The van der Waals surface area contributed by atoms with Crippen LogP contribution in [0.1, 0.15) is 46.5 Å². The van der Waals surface area contributed by atoms with E-state index in [1.165, 1.54) is 6.08 Å². The van der Waals surface area contributed by atoms with Crippen LogP contribution in [0.4, 0.5) is 0 Å². The standard InChI is InChI=1S/C20H31NO2/c1-4-6-7-8-9-10-11-12-13-14-15-16-19(22)21-18-20(3,23)17-5-2/h4,6-12,15-16,23H,5,13-14,17-18H2,1-3H3,(H,21,22). The number of hydrogen-bond acceptors (Lipinski definition) is 2. The van der Waals surface area contributed by atoms with Crippen molar-refractivity contribution in [1.82, 2.24) is 5.32 Å². The maximum absolute atomic E-state index is 11.6. The first kappa shape index (κ1) is 21.1. The van der Waals surface area contributed by atoms with Crippen molar-refractivity contribution in [1.29, 1.82) is 0 Å². The van der Waals surface area contributed by atoms with E-state index in [4.69, 9.17) is 0 Å². The lowest BCUT2D eigenvalue weighted by Gasteiger charge is -2.22. The summed E-state index contributed by atoms with van der Waals surface area (Å²) < 4.78 is 0. The van der Waals surface area contributed by atoms with Gasteiger partial charge in [-0.05, 0) is 39.2 Å². The maximum atomic E-state index is 11.6. The number of unbranched alkanes of at least 4 members (excludes halogenated alkanes) is 1. The molecule has 0 aliphatic rings. The Balaban J connectivity index is 3.83. The summed E-state index contributed by atoms with van der Waals surface area (Å²) in [5.41, 5.74) is -0.825. The van der Waals surface area contributed by atoms with Crippen molar-refractivity contribution in [2.24, 2.45) is 0 Å². The van der Waals surface area contributed by atoms with Crippen molar-refractivity contribution in [3.05, 3.63) is 60.8 Å². The lowest BCUT2D eigenvalue weighted by atomic mass is 10.0. The van der Waals surface area contributed by atoms with Crippen LogP contribution in [-0.4, -0.2) is 23.2 Å². The Bertz CT molecular complexity index is 454. The summed E-state index contributed by atoms with van der Waals surface area (Å²) in [7, 11) is 0. The van der Waals surface area contributed by atoms with E-state index in [1.807, 2.05) is 62.5 Å². The van der Waals surface area contributed by atoms with Crippen molar-refractivity contribution in [2.45, 2.75) is 52.1 Å². The highest BCUT2D eigenvalue weighted by molar-refractivity contribution is 5.87. The summed E-state index contributed by atoms with van der Waals surface area (Å²) >= 11 is 0. The fourth-order valence-electron chi connectivity index (χ4n) is 1.89. The van der Waals surface area contributed by atoms with E-state index in [1.54, 1.807) is 6.92 Å². The van der Waals surface area contributed by atoms with Gasteiger partial charge in [0.05, 0.1) is 5.60 Å². The van der Waals surface area contributed by atoms with Gasteiger partial charge in [0.15, 0.2) is 0 Å². The van der Waals surface area contributed by atoms with E-state index in [2.05, 4.69) is 11.4 Å². The van der Waals surface area contributed by atoms with Gasteiger partial charge in [0.2, 0.25) is 5.91 Å². The molecule has 2 N–H and O–H groups in total. The number of carbonyl (C=O) groups is 1. The van der Waals surface area contributed by atoms with Crippen LogP contribution < -0.4 is 5.32 Å². The first-order valence-electron chi connectivity index (χ1n) is 8.29. The molecule has 128 valence electrons. The first-order valence-corrected chi connectivity index (χ1v) is 8.29. The molecule has 0 aliphatic heterocycles. The molecule has 0 aromatic rings. The molecule has 0 aliphatic carbocycles. The molecule has 0 spiro atoms. The fourth-order valence-corrected chi connectivity index (χ4v) is 1.89. The lowest BCUT2D eigenvalue weighted by molar-refractivity contribution is -0.117. The molecule has 1 amide bonds. The summed E-state index contributed by atoms with van der Waals surface area (Å²) in [5, 5.41) is 12.7. The number of carbonyl (C=O) groups excluding carboxylic acids is 1. The van der Waals surface area contributed by atoms with E-state index in [0.29, 0.717) is 6.42 Å². The Labute approximate surface area is 141 Å². The van der Waals surface area contributed by atoms with Crippen molar-refractivity contribution >= 4 is 5.91 Å². The van der Waals surface area contributed by atoms with Crippen LogP contribution in [0.15, 0.2) is 60.8 Å². The normalized spacial score (nSPS) is 15.5. The predicted octanol–water partition coefficient (Wildman–Crippen LogP) is 4.23. The van der Waals surface area contributed by atoms with Gasteiger partial charge in [0, 0.05) is 6.54 Å². The minimum atomic E-state index is -0.825. The molecular formula is C20H31NO2.